The lowest BCUT2D eigenvalue weighted by atomic mass is 10.1. The zero-order chi connectivity index (χ0) is 21.7. The van der Waals surface area contributed by atoms with E-state index in [0.29, 0.717) is 18.8 Å². The molecule has 0 saturated carbocycles. The lowest BCUT2D eigenvalue weighted by molar-refractivity contribution is 0.598. The molecule has 2 N–H and O–H groups in total. The quantitative estimate of drug-likeness (QED) is 0.477. The smallest absolute Gasteiger partial charge is 0.238 e. The van der Waals surface area contributed by atoms with E-state index >= 15 is 0 Å². The summed E-state index contributed by atoms with van der Waals surface area (Å²) in [7, 11) is -3.71. The summed E-state index contributed by atoms with van der Waals surface area (Å²) in [6.07, 6.45) is 7.32. The minimum atomic E-state index is -3.71. The van der Waals surface area contributed by atoms with Gasteiger partial charge >= 0.3 is 0 Å². The predicted octanol–water partition coefficient (Wildman–Crippen LogP) is 2.96. The van der Waals surface area contributed by atoms with Crippen LogP contribution in [0.15, 0.2) is 90.5 Å². The predicted molar refractivity (Wildman–Crippen MR) is 118 cm³/mol. The third-order valence-corrected chi connectivity index (χ3v) is 5.62. The standard InChI is InChI=1S/C22H20N6O2S/c23-31(29,30)19-8-6-17(7-9-19)11-14-28(21-10-13-25-16-26-21)22-5-1-4-20(27-22)18-3-2-12-24-15-18/h1-10,12-13,15-16H,11,14H2,(H2,23,29,30). The summed E-state index contributed by atoms with van der Waals surface area (Å²) in [5.74, 6) is 1.45. The van der Waals surface area contributed by atoms with Gasteiger partial charge in [-0.3, -0.25) is 4.98 Å². The van der Waals surface area contributed by atoms with Crippen molar-refractivity contribution in [2.75, 3.05) is 11.4 Å². The van der Waals surface area contributed by atoms with E-state index in [9.17, 15) is 8.42 Å². The molecular weight excluding hydrogens is 412 g/mol. The zero-order valence-electron chi connectivity index (χ0n) is 16.5. The maximum atomic E-state index is 11.5. The van der Waals surface area contributed by atoms with Gasteiger partial charge in [-0.05, 0) is 54.4 Å². The van der Waals surface area contributed by atoms with Crippen LogP contribution in [0.3, 0.4) is 0 Å². The van der Waals surface area contributed by atoms with Crippen molar-refractivity contribution >= 4 is 21.7 Å². The highest BCUT2D eigenvalue weighted by Gasteiger charge is 2.14. The van der Waals surface area contributed by atoms with Gasteiger partial charge in [0.2, 0.25) is 10.0 Å². The van der Waals surface area contributed by atoms with E-state index < -0.39 is 10.0 Å². The molecule has 8 nitrogen and oxygen atoms in total. The van der Waals surface area contributed by atoms with Crippen LogP contribution in [0.25, 0.3) is 11.3 Å². The minimum Gasteiger partial charge on any atom is -0.311 e. The first kappa shape index (κ1) is 20.6. The van der Waals surface area contributed by atoms with Crippen LogP contribution in [0.4, 0.5) is 11.6 Å². The summed E-state index contributed by atoms with van der Waals surface area (Å²) in [4.78, 5) is 19.4. The SMILES string of the molecule is NS(=O)(=O)c1ccc(CCN(c2ccncn2)c2cccc(-c3cccnc3)n2)cc1. The third-order valence-electron chi connectivity index (χ3n) is 4.69. The summed E-state index contributed by atoms with van der Waals surface area (Å²) in [5.41, 5.74) is 2.70. The van der Waals surface area contributed by atoms with E-state index in [0.717, 1.165) is 22.6 Å². The normalized spacial score (nSPS) is 11.3. The molecule has 0 atom stereocenters. The summed E-state index contributed by atoms with van der Waals surface area (Å²) >= 11 is 0. The van der Waals surface area contributed by atoms with Crippen molar-refractivity contribution in [3.05, 3.63) is 91.1 Å². The van der Waals surface area contributed by atoms with Crippen molar-refractivity contribution < 1.29 is 8.42 Å². The average molecular weight is 433 g/mol. The number of anilines is 2. The fraction of sp³-hybridized carbons (Fsp3) is 0.0909. The van der Waals surface area contributed by atoms with Gasteiger partial charge in [0.25, 0.3) is 0 Å². The molecule has 3 heterocycles. The largest absolute Gasteiger partial charge is 0.311 e. The molecule has 0 spiro atoms. The summed E-state index contributed by atoms with van der Waals surface area (Å²) in [6.45, 7) is 0.579. The van der Waals surface area contributed by atoms with Crippen LogP contribution in [0.1, 0.15) is 5.56 Å². The highest BCUT2D eigenvalue weighted by atomic mass is 32.2. The number of aromatic nitrogens is 4. The van der Waals surface area contributed by atoms with Crippen molar-refractivity contribution in [2.45, 2.75) is 11.3 Å². The molecule has 0 unspecified atom stereocenters. The molecule has 0 bridgehead atoms. The topological polar surface area (TPSA) is 115 Å². The Labute approximate surface area is 180 Å². The monoisotopic (exact) mass is 432 g/mol. The number of benzene rings is 1. The molecule has 0 saturated heterocycles. The number of pyridine rings is 2. The summed E-state index contributed by atoms with van der Waals surface area (Å²) < 4.78 is 22.9. The van der Waals surface area contributed by atoms with E-state index in [1.54, 1.807) is 30.7 Å². The molecule has 0 fully saturated rings. The Bertz CT molecular complexity index is 1250. The van der Waals surface area contributed by atoms with Crippen LogP contribution in [-0.4, -0.2) is 34.9 Å². The van der Waals surface area contributed by atoms with Gasteiger partial charge in [-0.25, -0.2) is 28.5 Å². The summed E-state index contributed by atoms with van der Waals surface area (Å²) in [6, 6.07) is 18.0. The van der Waals surface area contributed by atoms with Gasteiger partial charge in [-0.2, -0.15) is 0 Å². The van der Waals surface area contributed by atoms with Crippen LogP contribution in [0, 0.1) is 0 Å². The van der Waals surface area contributed by atoms with Gasteiger partial charge in [-0.15, -0.1) is 0 Å². The van der Waals surface area contributed by atoms with Crippen LogP contribution in [0.5, 0.6) is 0 Å². The molecule has 4 aromatic rings. The lowest BCUT2D eigenvalue weighted by Crippen LogP contribution is -2.22. The molecular formula is C22H20N6O2S. The van der Waals surface area contributed by atoms with Crippen LogP contribution >= 0.6 is 0 Å². The highest BCUT2D eigenvalue weighted by Crippen LogP contribution is 2.25. The molecule has 0 amide bonds. The van der Waals surface area contributed by atoms with E-state index in [1.165, 1.54) is 18.5 Å². The Kier molecular flexibility index (Phi) is 5.96. The van der Waals surface area contributed by atoms with E-state index in [1.807, 2.05) is 41.3 Å². The first-order valence-electron chi connectivity index (χ1n) is 9.53. The number of nitrogens with two attached hydrogens (primary N) is 1. The molecule has 9 heteroatoms. The number of rotatable bonds is 7. The van der Waals surface area contributed by atoms with E-state index in [4.69, 9.17) is 10.1 Å². The second-order valence-electron chi connectivity index (χ2n) is 6.78. The number of nitrogens with zero attached hydrogens (tertiary/aromatic N) is 5. The van der Waals surface area contributed by atoms with Crippen molar-refractivity contribution in [2.24, 2.45) is 5.14 Å². The molecule has 4 rings (SSSR count). The van der Waals surface area contributed by atoms with Crippen LogP contribution in [-0.2, 0) is 16.4 Å². The number of hydrogen-bond acceptors (Lipinski definition) is 7. The Morgan fingerprint density at radius 3 is 2.39 bits per heavy atom. The maximum Gasteiger partial charge on any atom is 0.238 e. The zero-order valence-corrected chi connectivity index (χ0v) is 17.4. The average Bonchev–Trinajstić information content (AvgIpc) is 2.80. The molecule has 0 radical (unpaired) electrons. The second kappa shape index (κ2) is 8.99. The van der Waals surface area contributed by atoms with Gasteiger partial charge < -0.3 is 4.90 Å². The Hall–Kier alpha value is -3.69. The second-order valence-corrected chi connectivity index (χ2v) is 8.34. The number of hydrogen-bond donors (Lipinski definition) is 1. The first-order valence-corrected chi connectivity index (χ1v) is 11.1. The molecule has 0 aliphatic carbocycles. The molecule has 3 aromatic heterocycles. The van der Waals surface area contributed by atoms with Gasteiger partial charge in [0.15, 0.2) is 0 Å². The van der Waals surface area contributed by atoms with E-state index in [2.05, 4.69) is 15.0 Å². The Balaban J connectivity index is 1.62. The van der Waals surface area contributed by atoms with Crippen LogP contribution in [0.2, 0.25) is 0 Å². The van der Waals surface area contributed by atoms with E-state index in [-0.39, 0.29) is 4.90 Å². The molecule has 31 heavy (non-hydrogen) atoms. The lowest BCUT2D eigenvalue weighted by Gasteiger charge is -2.23. The third kappa shape index (κ3) is 5.08. The Morgan fingerprint density at radius 2 is 1.71 bits per heavy atom. The molecule has 0 aliphatic heterocycles. The maximum absolute atomic E-state index is 11.5. The van der Waals surface area contributed by atoms with Gasteiger partial charge in [0.1, 0.15) is 18.0 Å². The number of sulfonamides is 1. The molecule has 156 valence electrons. The van der Waals surface area contributed by atoms with Gasteiger partial charge in [0.05, 0.1) is 10.6 Å². The Morgan fingerprint density at radius 1 is 0.871 bits per heavy atom. The fourth-order valence-electron chi connectivity index (χ4n) is 3.13. The van der Waals surface area contributed by atoms with Gasteiger partial charge in [-0.1, -0.05) is 18.2 Å². The molecule has 1 aromatic carbocycles. The minimum absolute atomic E-state index is 0.0924. The molecule has 0 aliphatic rings. The fourth-order valence-corrected chi connectivity index (χ4v) is 3.64. The van der Waals surface area contributed by atoms with Crippen molar-refractivity contribution in [1.82, 2.24) is 19.9 Å². The van der Waals surface area contributed by atoms with Crippen molar-refractivity contribution in [3.63, 3.8) is 0 Å². The van der Waals surface area contributed by atoms with Crippen molar-refractivity contribution in [1.29, 1.82) is 0 Å². The van der Waals surface area contributed by atoms with Crippen LogP contribution < -0.4 is 10.0 Å². The highest BCUT2D eigenvalue weighted by molar-refractivity contribution is 7.89. The van der Waals surface area contributed by atoms with Crippen molar-refractivity contribution in [3.8, 4) is 11.3 Å². The van der Waals surface area contributed by atoms with Gasteiger partial charge in [0, 0.05) is 30.7 Å². The first-order chi connectivity index (χ1) is 15.0. The summed E-state index contributed by atoms with van der Waals surface area (Å²) in [5, 5.41) is 5.18. The number of primary sulfonamides is 1.